The van der Waals surface area contributed by atoms with Crippen LogP contribution in [0.2, 0.25) is 4.34 Å². The van der Waals surface area contributed by atoms with Crippen molar-refractivity contribution >= 4 is 54.9 Å². The van der Waals surface area contributed by atoms with Gasteiger partial charge in [-0.05, 0) is 22.0 Å². The molecule has 1 aromatic heterocycles. The smallest absolute Gasteiger partial charge is 0.402 e. The fourth-order valence-corrected chi connectivity index (χ4v) is 5.14. The summed E-state index contributed by atoms with van der Waals surface area (Å²) in [6, 6.07) is -2.41. The topological polar surface area (TPSA) is 72.5 Å². The molecule has 0 aliphatic heterocycles. The number of hydrogen-bond acceptors (Lipinski definition) is 5. The van der Waals surface area contributed by atoms with Crippen LogP contribution in [0.4, 0.5) is 26.3 Å². The highest BCUT2D eigenvalue weighted by Crippen LogP contribution is 2.42. The molecule has 1 aromatic rings. The molecule has 25 heavy (non-hydrogen) atoms. The Balaban J connectivity index is 3.39. The number of sulfonamides is 1. The Labute approximate surface area is 154 Å². The van der Waals surface area contributed by atoms with E-state index < -0.39 is 44.5 Å². The van der Waals surface area contributed by atoms with Crippen LogP contribution < -0.4 is 4.72 Å². The van der Waals surface area contributed by atoms with Gasteiger partial charge in [0.1, 0.15) is 14.6 Å². The summed E-state index contributed by atoms with van der Waals surface area (Å²) >= 11 is 8.80. The highest BCUT2D eigenvalue weighted by molar-refractivity contribution is 9.10. The summed E-state index contributed by atoms with van der Waals surface area (Å²) in [5, 5.41) is 0. The van der Waals surface area contributed by atoms with Gasteiger partial charge in [-0.15, -0.1) is 11.3 Å². The monoisotopic (exact) mass is 497 g/mol. The number of methoxy groups -OCH3 is 1. The van der Waals surface area contributed by atoms with Crippen LogP contribution in [0.3, 0.4) is 0 Å². The van der Waals surface area contributed by atoms with E-state index in [1.54, 1.807) is 0 Å². The zero-order valence-corrected chi connectivity index (χ0v) is 15.7. The van der Waals surface area contributed by atoms with Crippen LogP contribution in [0.25, 0.3) is 0 Å². The molecule has 0 aliphatic rings. The zero-order valence-electron chi connectivity index (χ0n) is 11.7. The average Bonchev–Trinajstić information content (AvgIpc) is 2.74. The molecule has 0 aromatic carbocycles. The van der Waals surface area contributed by atoms with Gasteiger partial charge < -0.3 is 4.74 Å². The second-order valence-corrected chi connectivity index (χ2v) is 8.82. The van der Waals surface area contributed by atoms with E-state index in [1.807, 2.05) is 0 Å². The summed E-state index contributed by atoms with van der Waals surface area (Å²) in [4.78, 5) is 11.4. The second-order valence-electron chi connectivity index (χ2n) is 4.37. The summed E-state index contributed by atoms with van der Waals surface area (Å²) < 4.78 is 105. The van der Waals surface area contributed by atoms with Gasteiger partial charge in [-0.25, -0.2) is 8.42 Å². The zero-order chi connectivity index (χ0) is 19.8. The first-order valence-electron chi connectivity index (χ1n) is 5.79. The molecule has 1 N–H and O–H groups in total. The molecule has 0 unspecified atom stereocenters. The largest absolute Gasteiger partial charge is 0.468 e. The number of thiophene rings is 1. The Morgan fingerprint density at radius 2 is 1.76 bits per heavy atom. The van der Waals surface area contributed by atoms with Crippen LogP contribution in [-0.2, 0) is 19.6 Å². The molecule has 0 saturated heterocycles. The van der Waals surface area contributed by atoms with Crippen LogP contribution in [0.1, 0.15) is 0 Å². The normalized spacial score (nSPS) is 14.6. The number of rotatable bonds is 5. The molecule has 1 rings (SSSR count). The minimum atomic E-state index is -5.96. The van der Waals surface area contributed by atoms with Crippen molar-refractivity contribution in [1.29, 1.82) is 0 Å². The molecular weight excluding hydrogens is 492 g/mol. The van der Waals surface area contributed by atoms with E-state index in [4.69, 9.17) is 11.6 Å². The number of halogens is 8. The van der Waals surface area contributed by atoms with E-state index >= 15 is 0 Å². The predicted molar refractivity (Wildman–Crippen MR) is 78.8 cm³/mol. The summed E-state index contributed by atoms with van der Waals surface area (Å²) in [5.41, 5.74) is 0. The van der Waals surface area contributed by atoms with Crippen molar-refractivity contribution in [3.05, 3.63) is 14.9 Å². The first-order valence-corrected chi connectivity index (χ1v) is 9.26. The molecule has 0 fully saturated rings. The van der Waals surface area contributed by atoms with Gasteiger partial charge >= 0.3 is 18.3 Å². The minimum absolute atomic E-state index is 0.0531. The summed E-state index contributed by atoms with van der Waals surface area (Å²) in [6.07, 6.45) is -11.9. The number of esters is 1. The maximum Gasteiger partial charge on any atom is 0.402 e. The summed E-state index contributed by atoms with van der Waals surface area (Å²) in [5.74, 6) is -6.36. The third-order valence-corrected chi connectivity index (χ3v) is 7.05. The highest BCUT2D eigenvalue weighted by atomic mass is 79.9. The van der Waals surface area contributed by atoms with Crippen molar-refractivity contribution in [2.75, 3.05) is 7.11 Å². The number of alkyl halides is 6. The van der Waals surface area contributed by atoms with Crippen LogP contribution in [0, 0.1) is 5.92 Å². The lowest BCUT2D eigenvalue weighted by Crippen LogP contribution is -2.56. The van der Waals surface area contributed by atoms with E-state index in [-0.39, 0.29) is 8.81 Å². The van der Waals surface area contributed by atoms with Gasteiger partial charge in [0.25, 0.3) is 10.0 Å². The molecule has 0 amide bonds. The van der Waals surface area contributed by atoms with Gasteiger partial charge in [-0.2, -0.15) is 31.1 Å². The standard InChI is InChI=1S/C10H7BrClF6NO4S2/c1-23-8(20)5(6(9(13,14)15)10(16,17)18)19-25(21,22)4-2-3(11)7(12)24-4/h2,5-6,19H,1H3/t5-/m0/s1. The maximum absolute atomic E-state index is 12.8. The first kappa shape index (κ1) is 22.5. The average molecular weight is 499 g/mol. The van der Waals surface area contributed by atoms with Crippen molar-refractivity contribution in [1.82, 2.24) is 4.72 Å². The van der Waals surface area contributed by atoms with Gasteiger partial charge in [0.05, 0.1) is 7.11 Å². The van der Waals surface area contributed by atoms with E-state index in [0.717, 1.165) is 10.8 Å². The van der Waals surface area contributed by atoms with E-state index in [9.17, 15) is 39.6 Å². The van der Waals surface area contributed by atoms with Crippen molar-refractivity contribution in [2.45, 2.75) is 22.6 Å². The third kappa shape index (κ3) is 5.45. The molecule has 0 aliphatic carbocycles. The molecule has 0 radical (unpaired) electrons. The van der Waals surface area contributed by atoms with E-state index in [2.05, 4.69) is 20.7 Å². The van der Waals surface area contributed by atoms with Gasteiger partial charge in [0.15, 0.2) is 5.92 Å². The van der Waals surface area contributed by atoms with Gasteiger partial charge in [0, 0.05) is 4.47 Å². The third-order valence-electron chi connectivity index (χ3n) is 2.66. The molecular formula is C10H7BrClF6NO4S2. The molecule has 0 spiro atoms. The van der Waals surface area contributed by atoms with Gasteiger partial charge in [-0.3, -0.25) is 4.79 Å². The lowest BCUT2D eigenvalue weighted by Gasteiger charge is -2.29. The fourth-order valence-electron chi connectivity index (χ4n) is 1.63. The Morgan fingerprint density at radius 1 is 1.28 bits per heavy atom. The molecule has 1 atom stereocenters. The first-order chi connectivity index (χ1) is 11.1. The van der Waals surface area contributed by atoms with Crippen molar-refractivity contribution in [3.63, 3.8) is 0 Å². The highest BCUT2D eigenvalue weighted by Gasteiger charge is 2.63. The maximum atomic E-state index is 12.8. The van der Waals surface area contributed by atoms with Crippen LogP contribution in [0.5, 0.6) is 0 Å². The fraction of sp³-hybridized carbons (Fsp3) is 0.500. The molecule has 0 saturated carbocycles. The SMILES string of the molecule is COC(=O)[C@@H](NS(=O)(=O)c1cc(Br)c(Cl)s1)C(C(F)(F)F)C(F)(F)F. The molecule has 1 heterocycles. The number of hydrogen-bond donors (Lipinski definition) is 1. The molecule has 0 bridgehead atoms. The van der Waals surface area contributed by atoms with E-state index in [0.29, 0.717) is 18.4 Å². The van der Waals surface area contributed by atoms with Crippen LogP contribution in [-0.4, -0.2) is 39.9 Å². The van der Waals surface area contributed by atoms with E-state index in [1.165, 1.54) is 0 Å². The summed E-state index contributed by atoms with van der Waals surface area (Å²) in [7, 11) is -4.41. The van der Waals surface area contributed by atoms with Crippen molar-refractivity contribution in [2.24, 2.45) is 5.92 Å². The molecule has 5 nitrogen and oxygen atoms in total. The Hall–Kier alpha value is -0.570. The van der Waals surface area contributed by atoms with Crippen LogP contribution in [0.15, 0.2) is 14.7 Å². The van der Waals surface area contributed by atoms with Crippen LogP contribution >= 0.6 is 38.9 Å². The van der Waals surface area contributed by atoms with Gasteiger partial charge in [0.2, 0.25) is 0 Å². The lowest BCUT2D eigenvalue weighted by atomic mass is 9.99. The number of carbonyl (C=O) groups is 1. The quantitative estimate of drug-likeness (QED) is 0.496. The molecule has 15 heteroatoms. The second kappa shape index (κ2) is 7.58. The van der Waals surface area contributed by atoms with Crippen molar-refractivity contribution in [3.8, 4) is 0 Å². The Morgan fingerprint density at radius 3 is 2.08 bits per heavy atom. The Kier molecular flexibility index (Phi) is 6.81. The summed E-state index contributed by atoms with van der Waals surface area (Å²) in [6.45, 7) is 0. The Bertz CT molecular complexity index is 714. The number of carbonyl (C=O) groups excluding carboxylic acids is 1. The minimum Gasteiger partial charge on any atom is -0.468 e. The van der Waals surface area contributed by atoms with Gasteiger partial charge in [-0.1, -0.05) is 11.6 Å². The number of nitrogens with one attached hydrogen (secondary N) is 1. The lowest BCUT2D eigenvalue weighted by molar-refractivity contribution is -0.290. The number of ether oxygens (including phenoxy) is 1. The van der Waals surface area contributed by atoms with Crippen molar-refractivity contribution < 1.29 is 44.3 Å². The predicted octanol–water partition coefficient (Wildman–Crippen LogP) is 3.72. The molecule has 144 valence electrons.